The number of fused-ring (bicyclic) bond motifs is 1. The molecule has 1 heterocycles. The number of carbonyl (C=O) groups excluding carboxylic acids is 1. The zero-order valence-corrected chi connectivity index (χ0v) is 18.8. The van der Waals surface area contributed by atoms with Gasteiger partial charge in [-0.3, -0.25) is 9.59 Å². The highest BCUT2D eigenvalue weighted by molar-refractivity contribution is 7.90. The number of carbonyl (C=O) groups is 2. The Balaban J connectivity index is 2.19. The number of nitrogens with one attached hydrogen (secondary N) is 1. The van der Waals surface area contributed by atoms with Crippen molar-refractivity contribution in [3.05, 3.63) is 70.4 Å². The molecule has 3 aromatic rings. The second-order valence-electron chi connectivity index (χ2n) is 8.25. The van der Waals surface area contributed by atoms with Gasteiger partial charge in [0.1, 0.15) is 22.5 Å². The summed E-state index contributed by atoms with van der Waals surface area (Å²) in [6, 6.07) is 15.6. The van der Waals surface area contributed by atoms with Crippen LogP contribution < -0.4 is 4.72 Å². The maximum atomic E-state index is 13.2. The quantitative estimate of drug-likeness (QED) is 0.391. The Labute approximate surface area is 183 Å². The molecule has 2 aromatic carbocycles. The van der Waals surface area contributed by atoms with E-state index in [9.17, 15) is 14.1 Å². The van der Waals surface area contributed by atoms with Gasteiger partial charge in [0.2, 0.25) is 0 Å². The van der Waals surface area contributed by atoms with E-state index in [1.807, 2.05) is 80.1 Å². The topological polar surface area (TPSA) is 89.5 Å². The Kier molecular flexibility index (Phi) is 6.67. The highest BCUT2D eigenvalue weighted by Crippen LogP contribution is 2.38. The molecule has 5 nitrogen and oxygen atoms in total. The molecule has 2 unspecified atom stereocenters. The van der Waals surface area contributed by atoms with Crippen LogP contribution in [0.25, 0.3) is 10.8 Å². The lowest BCUT2D eigenvalue weighted by Gasteiger charge is -2.37. The fourth-order valence-electron chi connectivity index (χ4n) is 3.33. The van der Waals surface area contributed by atoms with Crippen molar-refractivity contribution in [1.29, 1.82) is 0 Å². The Bertz CT molecular complexity index is 1040. The molecule has 0 saturated carbocycles. The van der Waals surface area contributed by atoms with E-state index in [0.29, 0.717) is 0 Å². The monoisotopic (exact) mass is 443 g/mol. The van der Waals surface area contributed by atoms with Gasteiger partial charge in [0, 0.05) is 17.8 Å². The van der Waals surface area contributed by atoms with Crippen LogP contribution in [0.3, 0.4) is 0 Å². The molecule has 0 bridgehead atoms. The van der Waals surface area contributed by atoms with Crippen molar-refractivity contribution in [2.24, 2.45) is 0 Å². The van der Waals surface area contributed by atoms with Gasteiger partial charge in [-0.05, 0) is 65.6 Å². The Hall–Kier alpha value is -2.19. The van der Waals surface area contributed by atoms with E-state index in [1.54, 1.807) is 0 Å². The van der Waals surface area contributed by atoms with Gasteiger partial charge in [-0.2, -0.15) is 11.3 Å². The molecule has 1 aromatic heterocycles. The summed E-state index contributed by atoms with van der Waals surface area (Å²) in [7, 11) is 0. The van der Waals surface area contributed by atoms with Gasteiger partial charge in [0.25, 0.3) is 0 Å². The van der Waals surface area contributed by atoms with Crippen LogP contribution in [0.4, 0.5) is 0 Å². The van der Waals surface area contributed by atoms with E-state index >= 15 is 0 Å². The third kappa shape index (κ3) is 4.92. The van der Waals surface area contributed by atoms with Crippen LogP contribution in [0, 0.1) is 0 Å². The number of thiophene rings is 1. The van der Waals surface area contributed by atoms with E-state index in [0.717, 1.165) is 21.9 Å². The summed E-state index contributed by atoms with van der Waals surface area (Å²) in [5.41, 5.74) is 0.462. The number of carboxylic acid groups (broad SMARTS) is 1. The SMILES string of the molecule is CC(C)(C)[S+]([O-])NC(CC(=O)CC(=O)O)(c1ccsc1)c1ccc2ccccc2c1. The second-order valence-corrected chi connectivity index (χ2v) is 11.0. The molecule has 158 valence electrons. The molecule has 0 amide bonds. The van der Waals surface area contributed by atoms with E-state index in [-0.39, 0.29) is 6.42 Å². The average molecular weight is 444 g/mol. The first-order valence-corrected chi connectivity index (χ1v) is 11.7. The molecule has 7 heteroatoms. The minimum absolute atomic E-state index is 0.115. The minimum Gasteiger partial charge on any atom is -0.598 e. The number of aliphatic carboxylic acids is 1. The predicted octanol–water partition coefficient (Wildman–Crippen LogP) is 4.63. The predicted molar refractivity (Wildman–Crippen MR) is 122 cm³/mol. The van der Waals surface area contributed by atoms with Crippen LogP contribution in [0.15, 0.2) is 59.3 Å². The van der Waals surface area contributed by atoms with Crippen molar-refractivity contribution in [3.63, 3.8) is 0 Å². The highest BCUT2D eigenvalue weighted by atomic mass is 32.2. The molecule has 2 atom stereocenters. The largest absolute Gasteiger partial charge is 0.598 e. The normalized spacial score (nSPS) is 14.9. The molecular formula is C23H25NO4S2. The zero-order chi connectivity index (χ0) is 21.9. The Morgan fingerprint density at radius 2 is 1.77 bits per heavy atom. The van der Waals surface area contributed by atoms with Crippen molar-refractivity contribution < 1.29 is 19.2 Å². The summed E-state index contributed by atoms with van der Waals surface area (Å²) in [4.78, 5) is 23.9. The van der Waals surface area contributed by atoms with Crippen LogP contribution >= 0.6 is 11.3 Å². The van der Waals surface area contributed by atoms with Gasteiger partial charge < -0.3 is 9.66 Å². The average Bonchev–Trinajstić information content (AvgIpc) is 3.20. The fourth-order valence-corrected chi connectivity index (χ4v) is 4.99. The molecule has 0 aliphatic carbocycles. The number of hydrogen-bond acceptors (Lipinski definition) is 5. The third-order valence-corrected chi connectivity index (χ3v) is 7.22. The lowest BCUT2D eigenvalue weighted by Crippen LogP contribution is -2.53. The summed E-state index contributed by atoms with van der Waals surface area (Å²) < 4.78 is 15.8. The Morgan fingerprint density at radius 1 is 1.07 bits per heavy atom. The summed E-state index contributed by atoms with van der Waals surface area (Å²) in [5, 5.41) is 15.0. The van der Waals surface area contributed by atoms with Crippen molar-refractivity contribution in [2.75, 3.05) is 0 Å². The van der Waals surface area contributed by atoms with Crippen LogP contribution in [-0.2, 0) is 26.5 Å². The molecular weight excluding hydrogens is 418 g/mol. The van der Waals surface area contributed by atoms with Crippen LogP contribution in [0.2, 0.25) is 0 Å². The van der Waals surface area contributed by atoms with Crippen molar-refractivity contribution >= 4 is 45.2 Å². The first kappa shape index (κ1) is 22.5. The smallest absolute Gasteiger partial charge is 0.310 e. The summed E-state index contributed by atoms with van der Waals surface area (Å²) >= 11 is -0.0259. The van der Waals surface area contributed by atoms with Crippen molar-refractivity contribution in [3.8, 4) is 0 Å². The van der Waals surface area contributed by atoms with E-state index in [1.165, 1.54) is 11.3 Å². The van der Waals surface area contributed by atoms with E-state index < -0.39 is 39.8 Å². The van der Waals surface area contributed by atoms with Crippen molar-refractivity contribution in [2.45, 2.75) is 43.9 Å². The third-order valence-electron chi connectivity index (χ3n) is 4.89. The van der Waals surface area contributed by atoms with Gasteiger partial charge >= 0.3 is 5.97 Å². The molecule has 0 fully saturated rings. The summed E-state index contributed by atoms with van der Waals surface area (Å²) in [6.07, 6.45) is -0.695. The lowest BCUT2D eigenvalue weighted by molar-refractivity contribution is -0.140. The molecule has 0 radical (unpaired) electrons. The molecule has 0 aliphatic rings. The van der Waals surface area contributed by atoms with Crippen molar-refractivity contribution in [1.82, 2.24) is 4.72 Å². The number of rotatable bonds is 8. The van der Waals surface area contributed by atoms with Gasteiger partial charge in [0.05, 0.1) is 0 Å². The maximum absolute atomic E-state index is 13.2. The number of benzene rings is 2. The van der Waals surface area contributed by atoms with E-state index in [2.05, 4.69) is 4.72 Å². The molecule has 0 aliphatic heterocycles. The van der Waals surface area contributed by atoms with Gasteiger partial charge in [-0.15, -0.1) is 4.72 Å². The fraction of sp³-hybridized carbons (Fsp3) is 0.304. The second kappa shape index (κ2) is 8.89. The van der Waals surface area contributed by atoms with Crippen LogP contribution in [0.1, 0.15) is 44.7 Å². The van der Waals surface area contributed by atoms with Gasteiger partial charge in [-0.1, -0.05) is 36.4 Å². The maximum Gasteiger partial charge on any atom is 0.310 e. The van der Waals surface area contributed by atoms with Gasteiger partial charge in [-0.25, -0.2) is 0 Å². The lowest BCUT2D eigenvalue weighted by atomic mass is 9.80. The molecule has 3 rings (SSSR count). The highest BCUT2D eigenvalue weighted by Gasteiger charge is 2.44. The summed E-state index contributed by atoms with van der Waals surface area (Å²) in [5.74, 6) is -1.60. The molecule has 30 heavy (non-hydrogen) atoms. The first-order chi connectivity index (χ1) is 14.1. The van der Waals surface area contributed by atoms with Gasteiger partial charge in [0.15, 0.2) is 0 Å². The standard InChI is InChI=1S/C23H25NO4S2/c1-22(2,3)30(28)24-23(19-10-11-29-15-19,14-20(25)13-21(26)27)18-9-8-16-6-4-5-7-17(16)12-18/h4-12,15,24H,13-14H2,1-3H3,(H,26,27). The zero-order valence-electron chi connectivity index (χ0n) is 17.2. The first-order valence-electron chi connectivity index (χ1n) is 9.57. The molecule has 0 saturated heterocycles. The van der Waals surface area contributed by atoms with Crippen LogP contribution in [-0.4, -0.2) is 26.2 Å². The summed E-state index contributed by atoms with van der Waals surface area (Å²) in [6.45, 7) is 5.57. The number of ketones is 1. The number of carboxylic acids is 1. The van der Waals surface area contributed by atoms with Crippen LogP contribution in [0.5, 0.6) is 0 Å². The molecule has 0 spiro atoms. The van der Waals surface area contributed by atoms with E-state index in [4.69, 9.17) is 5.11 Å². The minimum atomic E-state index is -1.50. The number of Topliss-reactive ketones (excluding diaryl/α,β-unsaturated/α-hetero) is 1. The Morgan fingerprint density at radius 3 is 2.37 bits per heavy atom. The molecule has 2 N–H and O–H groups in total. The number of hydrogen-bond donors (Lipinski definition) is 2.